The van der Waals surface area contributed by atoms with Crippen LogP contribution in [0.15, 0.2) is 76.5 Å². The van der Waals surface area contributed by atoms with E-state index in [9.17, 15) is 16.8 Å². The van der Waals surface area contributed by atoms with Gasteiger partial charge in [-0.2, -0.15) is 0 Å². The summed E-state index contributed by atoms with van der Waals surface area (Å²) < 4.78 is 51.8. The average molecular weight is 498 g/mol. The molecule has 0 saturated heterocycles. The summed E-state index contributed by atoms with van der Waals surface area (Å²) in [4.78, 5) is 0.273. The van der Waals surface area contributed by atoms with Crippen molar-refractivity contribution < 1.29 is 16.8 Å². The van der Waals surface area contributed by atoms with Gasteiger partial charge in [0, 0.05) is 16.1 Å². The van der Waals surface area contributed by atoms with E-state index >= 15 is 0 Å². The van der Waals surface area contributed by atoms with Gasteiger partial charge in [-0.15, -0.1) is 0 Å². The van der Waals surface area contributed by atoms with Gasteiger partial charge >= 0.3 is 0 Å². The molecule has 3 aromatic carbocycles. The van der Waals surface area contributed by atoms with Gasteiger partial charge in [0.2, 0.25) is 19.9 Å². The molecule has 3 aromatic rings. The van der Waals surface area contributed by atoms with Crippen LogP contribution in [0.3, 0.4) is 0 Å². The molecule has 0 bridgehead atoms. The van der Waals surface area contributed by atoms with Crippen LogP contribution >= 0.6 is 23.2 Å². The number of hydrogen-bond acceptors (Lipinski definition) is 4. The highest BCUT2D eigenvalue weighted by molar-refractivity contribution is 7.91. The Balaban J connectivity index is 1.92. The van der Waals surface area contributed by atoms with Crippen molar-refractivity contribution in [2.45, 2.75) is 29.2 Å². The van der Waals surface area contributed by atoms with Crippen molar-refractivity contribution >= 4 is 43.1 Å². The third kappa shape index (κ3) is 6.08. The molecule has 0 aromatic heterocycles. The SMILES string of the molecule is C[C@H](NS(C)(=O)=O)c1ccc(Cc2ccc(Cl)cc2S(=O)(=O)c2ccc(Cl)cc2)cc1. The standard InChI is InChI=1S/C22H21Cl2NO4S2/c1-15(25-30(2,26)27)17-5-3-16(4-6-17)13-18-7-8-20(24)14-22(18)31(28,29)21-11-9-19(23)10-12-21/h3-12,14-15,25H,13H2,1-2H3/t15-/m0/s1. The third-order valence-electron chi connectivity index (χ3n) is 4.71. The third-order valence-corrected chi connectivity index (χ3v) is 7.83. The van der Waals surface area contributed by atoms with Crippen molar-refractivity contribution in [3.63, 3.8) is 0 Å². The van der Waals surface area contributed by atoms with Gasteiger partial charge in [0.05, 0.1) is 16.0 Å². The molecular weight excluding hydrogens is 477 g/mol. The lowest BCUT2D eigenvalue weighted by atomic mass is 10.0. The van der Waals surface area contributed by atoms with E-state index in [2.05, 4.69) is 4.72 Å². The molecule has 0 spiro atoms. The first kappa shape index (κ1) is 23.8. The first-order valence-corrected chi connectivity index (χ1v) is 13.4. The first-order chi connectivity index (χ1) is 14.5. The quantitative estimate of drug-likeness (QED) is 0.496. The summed E-state index contributed by atoms with van der Waals surface area (Å²) in [6.07, 6.45) is 1.48. The van der Waals surface area contributed by atoms with Gasteiger partial charge in [-0.1, -0.05) is 53.5 Å². The maximum atomic E-state index is 13.2. The lowest BCUT2D eigenvalue weighted by molar-refractivity contribution is 0.573. The summed E-state index contributed by atoms with van der Waals surface area (Å²) in [5, 5.41) is 0.775. The van der Waals surface area contributed by atoms with Crippen molar-refractivity contribution in [3.05, 3.63) is 93.5 Å². The monoisotopic (exact) mass is 497 g/mol. The van der Waals surface area contributed by atoms with E-state index in [0.29, 0.717) is 22.0 Å². The van der Waals surface area contributed by atoms with Crippen LogP contribution in [0.2, 0.25) is 10.0 Å². The van der Waals surface area contributed by atoms with Gasteiger partial charge in [-0.3, -0.25) is 0 Å². The minimum atomic E-state index is -3.79. The lowest BCUT2D eigenvalue weighted by Gasteiger charge is -2.14. The van der Waals surface area contributed by atoms with E-state index in [0.717, 1.165) is 17.4 Å². The number of benzene rings is 3. The van der Waals surface area contributed by atoms with Crippen molar-refractivity contribution in [1.82, 2.24) is 4.72 Å². The van der Waals surface area contributed by atoms with Crippen molar-refractivity contribution in [1.29, 1.82) is 0 Å². The van der Waals surface area contributed by atoms with Gasteiger partial charge in [0.25, 0.3) is 0 Å². The molecule has 9 heteroatoms. The van der Waals surface area contributed by atoms with E-state index in [1.165, 1.54) is 30.3 Å². The number of sulfonamides is 1. The molecule has 164 valence electrons. The van der Waals surface area contributed by atoms with E-state index in [-0.39, 0.29) is 15.8 Å². The molecule has 0 unspecified atom stereocenters. The highest BCUT2D eigenvalue weighted by Gasteiger charge is 2.22. The van der Waals surface area contributed by atoms with Crippen LogP contribution in [-0.2, 0) is 26.3 Å². The highest BCUT2D eigenvalue weighted by Crippen LogP contribution is 2.29. The van der Waals surface area contributed by atoms with E-state index < -0.39 is 19.9 Å². The molecule has 0 fully saturated rings. The second-order valence-corrected chi connectivity index (χ2v) is 11.8. The van der Waals surface area contributed by atoms with Crippen LogP contribution in [0.4, 0.5) is 0 Å². The highest BCUT2D eigenvalue weighted by atomic mass is 35.5. The molecule has 5 nitrogen and oxygen atoms in total. The topological polar surface area (TPSA) is 80.3 Å². The predicted molar refractivity (Wildman–Crippen MR) is 124 cm³/mol. The van der Waals surface area contributed by atoms with E-state index in [4.69, 9.17) is 23.2 Å². The van der Waals surface area contributed by atoms with Crippen molar-refractivity contribution in [2.75, 3.05) is 6.26 Å². The molecule has 0 radical (unpaired) electrons. The number of halogens is 2. The van der Waals surface area contributed by atoms with Gasteiger partial charge in [0.15, 0.2) is 0 Å². The lowest BCUT2D eigenvalue weighted by Crippen LogP contribution is -2.25. The first-order valence-electron chi connectivity index (χ1n) is 9.31. The minimum Gasteiger partial charge on any atom is -0.219 e. The Morgan fingerprint density at radius 1 is 0.839 bits per heavy atom. The van der Waals surface area contributed by atoms with E-state index in [1.807, 2.05) is 24.3 Å². The van der Waals surface area contributed by atoms with Crippen LogP contribution in [0.1, 0.15) is 29.7 Å². The Kier molecular flexibility index (Phi) is 7.13. The predicted octanol–water partition coefficient (Wildman–Crippen LogP) is 5.03. The van der Waals surface area contributed by atoms with Crippen molar-refractivity contribution in [3.8, 4) is 0 Å². The summed E-state index contributed by atoms with van der Waals surface area (Å²) in [5.74, 6) is 0. The summed E-state index contributed by atoms with van der Waals surface area (Å²) in [6, 6.07) is 17.8. The number of rotatable bonds is 7. The van der Waals surface area contributed by atoms with Crippen LogP contribution in [0.25, 0.3) is 0 Å². The molecule has 0 aliphatic rings. The minimum absolute atomic E-state index is 0.136. The Morgan fingerprint density at radius 3 is 2.00 bits per heavy atom. The maximum Gasteiger partial charge on any atom is 0.209 e. The molecule has 0 aliphatic heterocycles. The zero-order chi connectivity index (χ0) is 22.8. The fraction of sp³-hybridized carbons (Fsp3) is 0.182. The zero-order valence-electron chi connectivity index (χ0n) is 16.8. The largest absolute Gasteiger partial charge is 0.219 e. The normalized spacial score (nSPS) is 13.2. The van der Waals surface area contributed by atoms with Crippen molar-refractivity contribution in [2.24, 2.45) is 0 Å². The summed E-state index contributed by atoms with van der Waals surface area (Å²) in [5.41, 5.74) is 2.29. The molecular formula is C22H21Cl2NO4S2. The van der Waals surface area contributed by atoms with Gasteiger partial charge < -0.3 is 0 Å². The molecule has 1 atom stereocenters. The molecule has 3 rings (SSSR count). The summed E-state index contributed by atoms with van der Waals surface area (Å²) >= 11 is 12.0. The number of nitrogens with one attached hydrogen (secondary N) is 1. The zero-order valence-corrected chi connectivity index (χ0v) is 20.0. The maximum absolute atomic E-state index is 13.2. The van der Waals surface area contributed by atoms with Gasteiger partial charge in [-0.25, -0.2) is 21.6 Å². The Bertz CT molecular complexity index is 1290. The summed E-state index contributed by atoms with van der Waals surface area (Å²) in [7, 11) is -7.11. The second-order valence-electron chi connectivity index (χ2n) is 7.24. The Hall–Kier alpha value is -1.90. The van der Waals surface area contributed by atoms with Gasteiger partial charge in [-0.05, 0) is 66.4 Å². The number of sulfone groups is 1. The van der Waals surface area contributed by atoms with Crippen LogP contribution in [-0.4, -0.2) is 23.1 Å². The fourth-order valence-corrected chi connectivity index (χ4v) is 5.86. The smallest absolute Gasteiger partial charge is 0.209 e. The Morgan fingerprint density at radius 2 is 1.42 bits per heavy atom. The molecule has 0 aliphatic carbocycles. The average Bonchev–Trinajstić information content (AvgIpc) is 2.69. The Labute approximate surface area is 193 Å². The fourth-order valence-electron chi connectivity index (χ4n) is 3.20. The van der Waals surface area contributed by atoms with Crippen LogP contribution < -0.4 is 4.72 Å². The number of hydrogen-bond donors (Lipinski definition) is 1. The van der Waals surface area contributed by atoms with E-state index in [1.54, 1.807) is 19.1 Å². The molecule has 0 saturated carbocycles. The summed E-state index contributed by atoms with van der Waals surface area (Å²) in [6.45, 7) is 1.76. The molecule has 31 heavy (non-hydrogen) atoms. The molecule has 1 N–H and O–H groups in total. The van der Waals surface area contributed by atoms with Crippen LogP contribution in [0.5, 0.6) is 0 Å². The van der Waals surface area contributed by atoms with Crippen LogP contribution in [0, 0.1) is 0 Å². The second kappa shape index (κ2) is 9.30. The molecule has 0 amide bonds. The molecule has 0 heterocycles. The van der Waals surface area contributed by atoms with Gasteiger partial charge in [0.1, 0.15) is 0 Å².